The van der Waals surface area contributed by atoms with Gasteiger partial charge in [0.05, 0.1) is 18.9 Å². The molecular weight excluding hydrogens is 220 g/mol. The van der Waals surface area contributed by atoms with Crippen LogP contribution < -0.4 is 11.5 Å². The molecule has 4 N–H and O–H groups in total. The van der Waals surface area contributed by atoms with Gasteiger partial charge in [0.25, 0.3) is 0 Å². The van der Waals surface area contributed by atoms with Crippen molar-refractivity contribution in [1.82, 2.24) is 0 Å². The van der Waals surface area contributed by atoms with Crippen LogP contribution in [0.15, 0.2) is 28.4 Å². The summed E-state index contributed by atoms with van der Waals surface area (Å²) in [6.07, 6.45) is 1.45. The molecule has 0 amide bonds. The predicted octanol–water partition coefficient (Wildman–Crippen LogP) is 0.389. The smallest absolute Gasteiger partial charge is 0.338 e. The van der Waals surface area contributed by atoms with E-state index in [2.05, 4.69) is 14.9 Å². The molecule has 0 saturated carbocycles. The summed E-state index contributed by atoms with van der Waals surface area (Å²) in [4.78, 5) is 11.4. The summed E-state index contributed by atoms with van der Waals surface area (Å²) in [6, 6.07) is 5.25. The van der Waals surface area contributed by atoms with Crippen LogP contribution in [0.4, 0.5) is 0 Å². The molecule has 0 unspecified atom stereocenters. The lowest BCUT2D eigenvalue weighted by atomic mass is 10.1. The first-order valence-electron chi connectivity index (χ1n) is 4.85. The first-order chi connectivity index (χ1) is 8.04. The average molecular weight is 234 g/mol. The minimum Gasteiger partial charge on any atom is -0.465 e. The second-order valence-electron chi connectivity index (χ2n) is 3.34. The van der Waals surface area contributed by atoms with Crippen LogP contribution in [0.5, 0.6) is 0 Å². The molecule has 1 rings (SSSR count). The maximum atomic E-state index is 11.4. The lowest BCUT2D eigenvalue weighted by molar-refractivity contribution is 0.0600. The molecule has 90 valence electrons. The summed E-state index contributed by atoms with van der Waals surface area (Å²) < 4.78 is 4.66. The molecule has 0 atom stereocenters. The fraction of sp³-hybridized carbons (Fsp3) is 0.182. The number of methoxy groups -OCH3 is 1. The Labute approximate surface area is 99.0 Å². The van der Waals surface area contributed by atoms with Gasteiger partial charge in [0.15, 0.2) is 0 Å². The molecule has 0 aliphatic rings. The van der Waals surface area contributed by atoms with Crippen molar-refractivity contribution in [3.05, 3.63) is 34.9 Å². The fourth-order valence-electron chi connectivity index (χ4n) is 1.21. The quantitative estimate of drug-likeness (QED) is 0.341. The standard InChI is InChI=1S/C11H14N4O2/c1-7-3-4-8(6-14-15-11(12)13)5-9(7)10(16)17-2/h3-6H,1-2H3,(H4,12,13,15). The third-order valence-corrected chi connectivity index (χ3v) is 2.05. The Morgan fingerprint density at radius 1 is 1.41 bits per heavy atom. The van der Waals surface area contributed by atoms with Crippen molar-refractivity contribution in [2.45, 2.75) is 6.92 Å². The van der Waals surface area contributed by atoms with Gasteiger partial charge in [-0.15, -0.1) is 5.10 Å². The van der Waals surface area contributed by atoms with E-state index in [0.717, 1.165) is 5.56 Å². The molecule has 0 radical (unpaired) electrons. The number of benzene rings is 1. The number of esters is 1. The summed E-state index contributed by atoms with van der Waals surface area (Å²) in [5, 5.41) is 7.12. The minimum atomic E-state index is -0.389. The first kappa shape index (κ1) is 12.7. The zero-order valence-corrected chi connectivity index (χ0v) is 9.68. The van der Waals surface area contributed by atoms with Crippen LogP contribution in [-0.2, 0) is 4.74 Å². The zero-order valence-electron chi connectivity index (χ0n) is 9.68. The zero-order chi connectivity index (χ0) is 12.8. The third-order valence-electron chi connectivity index (χ3n) is 2.05. The van der Waals surface area contributed by atoms with Gasteiger partial charge in [-0.05, 0) is 24.1 Å². The number of nitrogens with two attached hydrogens (primary N) is 2. The number of guanidine groups is 1. The summed E-state index contributed by atoms with van der Waals surface area (Å²) in [5.74, 6) is -0.513. The Kier molecular flexibility index (Phi) is 4.21. The molecular formula is C11H14N4O2. The van der Waals surface area contributed by atoms with E-state index in [-0.39, 0.29) is 11.9 Å². The van der Waals surface area contributed by atoms with E-state index >= 15 is 0 Å². The highest BCUT2D eigenvalue weighted by molar-refractivity contribution is 5.93. The molecule has 0 aliphatic carbocycles. The Morgan fingerprint density at radius 3 is 2.71 bits per heavy atom. The maximum absolute atomic E-state index is 11.4. The highest BCUT2D eigenvalue weighted by atomic mass is 16.5. The van der Waals surface area contributed by atoms with E-state index < -0.39 is 0 Å². The molecule has 6 heteroatoms. The Hall–Kier alpha value is -2.37. The number of rotatable bonds is 3. The van der Waals surface area contributed by atoms with Crippen molar-refractivity contribution < 1.29 is 9.53 Å². The summed E-state index contributed by atoms with van der Waals surface area (Å²) in [6.45, 7) is 1.82. The van der Waals surface area contributed by atoms with Gasteiger partial charge in [0.2, 0.25) is 5.96 Å². The van der Waals surface area contributed by atoms with Crippen LogP contribution in [0.2, 0.25) is 0 Å². The molecule has 0 aromatic heterocycles. The third kappa shape index (κ3) is 3.60. The molecule has 0 saturated heterocycles. The molecule has 0 aliphatic heterocycles. The maximum Gasteiger partial charge on any atom is 0.338 e. The Morgan fingerprint density at radius 2 is 2.12 bits per heavy atom. The van der Waals surface area contributed by atoms with E-state index in [1.807, 2.05) is 6.92 Å². The van der Waals surface area contributed by atoms with Gasteiger partial charge in [-0.25, -0.2) is 4.79 Å². The van der Waals surface area contributed by atoms with Gasteiger partial charge in [0.1, 0.15) is 0 Å². The normalized spacial score (nSPS) is 10.2. The highest BCUT2D eigenvalue weighted by Crippen LogP contribution is 2.11. The number of carbonyl (C=O) groups is 1. The van der Waals surface area contributed by atoms with Gasteiger partial charge in [0, 0.05) is 0 Å². The number of nitrogens with zero attached hydrogens (tertiary/aromatic N) is 2. The SMILES string of the molecule is COC(=O)c1cc(C=NN=C(N)N)ccc1C. The molecule has 0 fully saturated rings. The first-order valence-corrected chi connectivity index (χ1v) is 4.85. The molecule has 0 bridgehead atoms. The lowest BCUT2D eigenvalue weighted by Crippen LogP contribution is -2.21. The van der Waals surface area contributed by atoms with Crippen molar-refractivity contribution in [3.63, 3.8) is 0 Å². The van der Waals surface area contributed by atoms with Gasteiger partial charge < -0.3 is 16.2 Å². The molecule has 1 aromatic rings. The van der Waals surface area contributed by atoms with Crippen LogP contribution in [0.3, 0.4) is 0 Å². The van der Waals surface area contributed by atoms with Crippen LogP contribution in [0, 0.1) is 6.92 Å². The second kappa shape index (κ2) is 5.64. The van der Waals surface area contributed by atoms with Crippen molar-refractivity contribution in [3.8, 4) is 0 Å². The van der Waals surface area contributed by atoms with Gasteiger partial charge in [-0.3, -0.25) is 0 Å². The van der Waals surface area contributed by atoms with Crippen LogP contribution in [0.25, 0.3) is 0 Å². The van der Waals surface area contributed by atoms with Crippen LogP contribution in [-0.4, -0.2) is 25.3 Å². The molecule has 17 heavy (non-hydrogen) atoms. The average Bonchev–Trinajstić information content (AvgIpc) is 2.30. The lowest BCUT2D eigenvalue weighted by Gasteiger charge is -2.04. The Balaban J connectivity index is 3.01. The van der Waals surface area contributed by atoms with E-state index in [9.17, 15) is 4.79 Å². The fourth-order valence-corrected chi connectivity index (χ4v) is 1.21. The van der Waals surface area contributed by atoms with Crippen LogP contribution >= 0.6 is 0 Å². The minimum absolute atomic E-state index is 0.124. The van der Waals surface area contributed by atoms with Gasteiger partial charge in [-0.2, -0.15) is 5.10 Å². The monoisotopic (exact) mass is 234 g/mol. The number of carbonyl (C=O) groups excluding carboxylic acids is 1. The molecule has 6 nitrogen and oxygen atoms in total. The van der Waals surface area contributed by atoms with E-state index in [1.165, 1.54) is 13.3 Å². The summed E-state index contributed by atoms with van der Waals surface area (Å²) in [7, 11) is 1.34. The summed E-state index contributed by atoms with van der Waals surface area (Å²) >= 11 is 0. The van der Waals surface area contributed by atoms with Crippen molar-refractivity contribution in [2.24, 2.45) is 21.7 Å². The van der Waals surface area contributed by atoms with Crippen LogP contribution in [0.1, 0.15) is 21.5 Å². The predicted molar refractivity (Wildman–Crippen MR) is 65.9 cm³/mol. The second-order valence-corrected chi connectivity index (χ2v) is 3.34. The van der Waals surface area contributed by atoms with E-state index in [4.69, 9.17) is 11.5 Å². The number of hydrogen-bond acceptors (Lipinski definition) is 4. The van der Waals surface area contributed by atoms with Crippen molar-refractivity contribution >= 4 is 18.1 Å². The highest BCUT2D eigenvalue weighted by Gasteiger charge is 2.08. The van der Waals surface area contributed by atoms with E-state index in [0.29, 0.717) is 11.1 Å². The molecule has 0 heterocycles. The topological polar surface area (TPSA) is 103 Å². The van der Waals surface area contributed by atoms with E-state index in [1.54, 1.807) is 18.2 Å². The summed E-state index contributed by atoms with van der Waals surface area (Å²) in [5.41, 5.74) is 12.3. The van der Waals surface area contributed by atoms with Crippen molar-refractivity contribution in [2.75, 3.05) is 7.11 Å². The van der Waals surface area contributed by atoms with Gasteiger partial charge >= 0.3 is 5.97 Å². The van der Waals surface area contributed by atoms with Crippen molar-refractivity contribution in [1.29, 1.82) is 0 Å². The largest absolute Gasteiger partial charge is 0.465 e. The number of aryl methyl sites for hydroxylation is 1. The van der Waals surface area contributed by atoms with Gasteiger partial charge in [-0.1, -0.05) is 12.1 Å². The number of ether oxygens (including phenoxy) is 1. The molecule has 0 spiro atoms. The molecule has 1 aromatic carbocycles. The number of hydrogen-bond donors (Lipinski definition) is 2. The Bertz CT molecular complexity index is 476.